The molecule has 0 aliphatic heterocycles. The molecule has 0 heterocycles. The molecule has 4 heteroatoms. The van der Waals surface area contributed by atoms with Crippen LogP contribution in [0.25, 0.3) is 0 Å². The van der Waals surface area contributed by atoms with Crippen LogP contribution in [-0.4, -0.2) is 15.0 Å². The van der Waals surface area contributed by atoms with E-state index in [1.54, 1.807) is 0 Å². The number of hydrogen-bond acceptors (Lipinski definition) is 2. The normalized spacial score (nSPS) is 10.6. The third-order valence-electron chi connectivity index (χ3n) is 2.25. The second-order valence-corrected chi connectivity index (χ2v) is 4.51. The fourth-order valence-corrected chi connectivity index (χ4v) is 1.96. The zero-order chi connectivity index (χ0) is 11.3. The summed E-state index contributed by atoms with van der Waals surface area (Å²) in [6, 6.07) is 7.53. The number of rotatable bonds is 5. The van der Waals surface area contributed by atoms with Crippen molar-refractivity contribution in [2.24, 2.45) is 0 Å². The molecule has 0 aliphatic rings. The molecule has 0 saturated carbocycles. The molecule has 1 aromatic rings. The van der Waals surface area contributed by atoms with Crippen LogP contribution in [0, 0.1) is 6.92 Å². The van der Waals surface area contributed by atoms with E-state index in [2.05, 4.69) is 0 Å². The molecule has 0 aliphatic carbocycles. The quantitative estimate of drug-likeness (QED) is 0.782. The topological polar surface area (TPSA) is 37.4 Å². The highest BCUT2D eigenvalue weighted by Crippen LogP contribution is 2.15. The van der Waals surface area contributed by atoms with Gasteiger partial charge in [0.05, 0.1) is 5.69 Å². The second-order valence-electron chi connectivity index (χ2n) is 3.55. The lowest BCUT2D eigenvalue weighted by Gasteiger charge is -2.17. The van der Waals surface area contributed by atoms with Gasteiger partial charge in [0.1, 0.15) is 0 Å². The van der Waals surface area contributed by atoms with Crippen molar-refractivity contribution in [2.45, 2.75) is 26.7 Å². The van der Waals surface area contributed by atoms with Crippen LogP contribution in [0.2, 0.25) is 0 Å². The molecule has 0 saturated heterocycles. The van der Waals surface area contributed by atoms with Crippen LogP contribution in [0.1, 0.15) is 25.3 Å². The maximum absolute atomic E-state index is 11.1. The van der Waals surface area contributed by atoms with Gasteiger partial charge in [-0.25, -0.2) is 8.42 Å². The molecule has 0 aromatic heterocycles. The predicted octanol–water partition coefficient (Wildman–Crippen LogP) is 2.13. The van der Waals surface area contributed by atoms with Crippen molar-refractivity contribution in [3.63, 3.8) is 0 Å². The third kappa shape index (κ3) is 3.55. The van der Waals surface area contributed by atoms with E-state index < -0.39 is 10.9 Å². The van der Waals surface area contributed by atoms with Gasteiger partial charge in [-0.2, -0.15) is 0 Å². The number of unbranched alkanes of at least 4 members (excludes halogenated alkanes) is 1. The minimum atomic E-state index is -2.53. The van der Waals surface area contributed by atoms with Crippen LogP contribution in [0.4, 0.5) is 5.69 Å². The van der Waals surface area contributed by atoms with Gasteiger partial charge in [-0.1, -0.05) is 31.0 Å². The summed E-state index contributed by atoms with van der Waals surface area (Å²) in [7, 11) is -2.53. The van der Waals surface area contributed by atoms with E-state index in [1.807, 2.05) is 38.1 Å². The number of nitrogens with zero attached hydrogens (tertiary/aromatic N) is 1. The van der Waals surface area contributed by atoms with Gasteiger partial charge in [0.2, 0.25) is 10.9 Å². The van der Waals surface area contributed by atoms with Crippen molar-refractivity contribution in [2.75, 3.05) is 10.8 Å². The lowest BCUT2D eigenvalue weighted by atomic mass is 10.2. The van der Waals surface area contributed by atoms with Crippen molar-refractivity contribution in [1.29, 1.82) is 0 Å². The Morgan fingerprint density at radius 2 is 1.80 bits per heavy atom. The standard InChI is InChI=1S/C11H17NO2S/c1-3-4-9-12(15(13)14)11-7-5-10(2)6-8-11/h5-8,15H,3-4,9H2,1-2H3. The van der Waals surface area contributed by atoms with Crippen LogP contribution in [0.3, 0.4) is 0 Å². The smallest absolute Gasteiger partial charge is 0.225 e. The molecule has 0 amide bonds. The van der Waals surface area contributed by atoms with Crippen molar-refractivity contribution in [3.05, 3.63) is 29.8 Å². The van der Waals surface area contributed by atoms with Crippen LogP contribution in [-0.2, 0) is 10.9 Å². The third-order valence-corrected chi connectivity index (χ3v) is 3.08. The molecule has 0 radical (unpaired) electrons. The lowest BCUT2D eigenvalue weighted by molar-refractivity contribution is 0.607. The van der Waals surface area contributed by atoms with Gasteiger partial charge in [-0.05, 0) is 25.5 Å². The number of benzene rings is 1. The van der Waals surface area contributed by atoms with Gasteiger partial charge in [0, 0.05) is 6.54 Å². The zero-order valence-electron chi connectivity index (χ0n) is 9.14. The molecule has 3 nitrogen and oxygen atoms in total. The Morgan fingerprint density at radius 1 is 1.20 bits per heavy atom. The van der Waals surface area contributed by atoms with Crippen molar-refractivity contribution in [1.82, 2.24) is 0 Å². The number of thiol groups is 1. The van der Waals surface area contributed by atoms with Crippen LogP contribution < -0.4 is 4.31 Å². The van der Waals surface area contributed by atoms with Crippen LogP contribution >= 0.6 is 0 Å². The molecule has 0 fully saturated rings. The SMILES string of the molecule is CCCCN(c1ccc(C)cc1)[SH](=O)=O. The van der Waals surface area contributed by atoms with Crippen molar-refractivity contribution >= 4 is 16.6 Å². The van der Waals surface area contributed by atoms with Gasteiger partial charge in [0.25, 0.3) is 0 Å². The Balaban J connectivity index is 2.84. The minimum absolute atomic E-state index is 0.568. The van der Waals surface area contributed by atoms with E-state index in [-0.39, 0.29) is 0 Å². The summed E-state index contributed by atoms with van der Waals surface area (Å²) in [6.07, 6.45) is 1.88. The highest BCUT2D eigenvalue weighted by atomic mass is 32.2. The zero-order valence-corrected chi connectivity index (χ0v) is 10.0. The van der Waals surface area contributed by atoms with Crippen molar-refractivity contribution < 1.29 is 8.42 Å². The van der Waals surface area contributed by atoms with E-state index in [0.717, 1.165) is 24.1 Å². The highest BCUT2D eigenvalue weighted by Gasteiger charge is 2.06. The first-order chi connectivity index (χ1) is 7.15. The lowest BCUT2D eigenvalue weighted by Crippen LogP contribution is -2.22. The minimum Gasteiger partial charge on any atom is -0.272 e. The number of anilines is 1. The maximum atomic E-state index is 11.1. The molecule has 0 unspecified atom stereocenters. The molecule has 84 valence electrons. The summed E-state index contributed by atoms with van der Waals surface area (Å²) in [4.78, 5) is 0. The summed E-state index contributed by atoms with van der Waals surface area (Å²) in [6.45, 7) is 4.60. The van der Waals surface area contributed by atoms with E-state index in [4.69, 9.17) is 0 Å². The van der Waals surface area contributed by atoms with E-state index in [9.17, 15) is 8.42 Å². The van der Waals surface area contributed by atoms with Gasteiger partial charge in [0.15, 0.2) is 0 Å². The number of hydrogen-bond donors (Lipinski definition) is 1. The fourth-order valence-electron chi connectivity index (χ4n) is 1.33. The molecule has 15 heavy (non-hydrogen) atoms. The van der Waals surface area contributed by atoms with Crippen LogP contribution in [0.15, 0.2) is 24.3 Å². The van der Waals surface area contributed by atoms with Crippen molar-refractivity contribution in [3.8, 4) is 0 Å². The van der Waals surface area contributed by atoms with Gasteiger partial charge >= 0.3 is 0 Å². The predicted molar refractivity (Wildman–Crippen MR) is 63.7 cm³/mol. The molecule has 1 rings (SSSR count). The first kappa shape index (κ1) is 12.0. The summed E-state index contributed by atoms with van der Waals surface area (Å²) in [5.74, 6) is 0. The summed E-state index contributed by atoms with van der Waals surface area (Å²) < 4.78 is 23.5. The van der Waals surface area contributed by atoms with E-state index in [1.165, 1.54) is 4.31 Å². The average molecular weight is 227 g/mol. The molecule has 0 spiro atoms. The monoisotopic (exact) mass is 227 g/mol. The van der Waals surface area contributed by atoms with Gasteiger partial charge < -0.3 is 0 Å². The highest BCUT2D eigenvalue weighted by molar-refractivity contribution is 7.74. The Labute approximate surface area is 92.8 Å². The summed E-state index contributed by atoms with van der Waals surface area (Å²) >= 11 is 0. The Morgan fingerprint density at radius 3 is 2.27 bits per heavy atom. The fraction of sp³-hybridized carbons (Fsp3) is 0.455. The molecular formula is C11H17NO2S. The average Bonchev–Trinajstić information content (AvgIpc) is 2.21. The maximum Gasteiger partial charge on any atom is 0.225 e. The van der Waals surface area contributed by atoms with E-state index >= 15 is 0 Å². The molecule has 0 bridgehead atoms. The first-order valence-corrected chi connectivity index (χ1v) is 6.26. The Kier molecular flexibility index (Phi) is 4.62. The summed E-state index contributed by atoms with van der Waals surface area (Å²) in [5, 5.41) is 0. The Hall–Kier alpha value is -1.03. The van der Waals surface area contributed by atoms with Gasteiger partial charge in [-0.15, -0.1) is 0 Å². The van der Waals surface area contributed by atoms with Gasteiger partial charge in [-0.3, -0.25) is 4.31 Å². The number of aryl methyl sites for hydroxylation is 1. The molecule has 1 aromatic carbocycles. The molecule has 0 N–H and O–H groups in total. The largest absolute Gasteiger partial charge is 0.272 e. The second kappa shape index (κ2) is 5.75. The van der Waals surface area contributed by atoms with Crippen LogP contribution in [0.5, 0.6) is 0 Å². The summed E-state index contributed by atoms with van der Waals surface area (Å²) in [5.41, 5.74) is 1.89. The molecule has 0 atom stereocenters. The van der Waals surface area contributed by atoms with E-state index in [0.29, 0.717) is 6.54 Å². The Bertz CT molecular complexity index is 363. The molecular weight excluding hydrogens is 210 g/mol. The first-order valence-electron chi connectivity index (χ1n) is 5.13.